The Balaban J connectivity index is 2.00. The molecular weight excluding hydrogens is 282 g/mol. The van der Waals surface area contributed by atoms with Crippen LogP contribution in [0.15, 0.2) is 47.5 Å². The van der Waals surface area contributed by atoms with E-state index in [4.69, 9.17) is 17.3 Å². The standard InChI is InChI=1S/C17H18ClN3/c1-11-4-3-5-14(8-11)21-16(10-20-17(21)19)13-7-6-12(2)15(18)9-13/h3-9,16H,10H2,1-2H3,(H2,19,20). The fourth-order valence-electron chi connectivity index (χ4n) is 2.66. The molecule has 0 radical (unpaired) electrons. The molecule has 2 N–H and O–H groups in total. The Bertz CT molecular complexity index is 709. The molecule has 0 saturated heterocycles. The molecule has 1 atom stereocenters. The van der Waals surface area contributed by atoms with Gasteiger partial charge in [0.1, 0.15) is 0 Å². The highest BCUT2D eigenvalue weighted by Crippen LogP contribution is 2.33. The van der Waals surface area contributed by atoms with Crippen molar-refractivity contribution in [2.24, 2.45) is 10.7 Å². The first-order chi connectivity index (χ1) is 10.1. The van der Waals surface area contributed by atoms with E-state index in [-0.39, 0.29) is 6.04 Å². The predicted octanol–water partition coefficient (Wildman–Crippen LogP) is 3.83. The smallest absolute Gasteiger partial charge is 0.196 e. The third kappa shape index (κ3) is 2.61. The van der Waals surface area contributed by atoms with Crippen LogP contribution in [0.4, 0.5) is 5.69 Å². The molecule has 3 rings (SSSR count). The van der Waals surface area contributed by atoms with E-state index in [1.54, 1.807) is 0 Å². The van der Waals surface area contributed by atoms with Gasteiger partial charge in [0.05, 0.1) is 12.6 Å². The van der Waals surface area contributed by atoms with E-state index in [2.05, 4.69) is 41.1 Å². The minimum absolute atomic E-state index is 0.102. The first kappa shape index (κ1) is 14.0. The maximum atomic E-state index is 6.26. The van der Waals surface area contributed by atoms with Crippen LogP contribution >= 0.6 is 11.6 Å². The predicted molar refractivity (Wildman–Crippen MR) is 89.1 cm³/mol. The minimum atomic E-state index is 0.102. The quantitative estimate of drug-likeness (QED) is 0.915. The van der Waals surface area contributed by atoms with Gasteiger partial charge in [-0.1, -0.05) is 35.9 Å². The molecule has 0 fully saturated rings. The molecule has 4 heteroatoms. The zero-order valence-electron chi connectivity index (χ0n) is 12.2. The number of halogens is 1. The Kier molecular flexibility index (Phi) is 3.60. The fraction of sp³-hybridized carbons (Fsp3) is 0.235. The summed E-state index contributed by atoms with van der Waals surface area (Å²) in [4.78, 5) is 6.49. The van der Waals surface area contributed by atoms with E-state index in [9.17, 15) is 0 Å². The van der Waals surface area contributed by atoms with Crippen LogP contribution in [0.5, 0.6) is 0 Å². The molecule has 1 aliphatic rings. The molecule has 2 aromatic rings. The van der Waals surface area contributed by atoms with E-state index in [0.29, 0.717) is 12.5 Å². The summed E-state index contributed by atoms with van der Waals surface area (Å²) in [5.41, 5.74) is 10.6. The molecule has 2 aromatic carbocycles. The van der Waals surface area contributed by atoms with Crippen LogP contribution in [-0.2, 0) is 0 Å². The first-order valence-corrected chi connectivity index (χ1v) is 7.36. The van der Waals surface area contributed by atoms with Crippen LogP contribution in [0.1, 0.15) is 22.7 Å². The third-order valence-electron chi connectivity index (χ3n) is 3.85. The average Bonchev–Trinajstić information content (AvgIpc) is 2.84. The number of anilines is 1. The summed E-state index contributed by atoms with van der Waals surface area (Å²) in [7, 11) is 0. The second-order valence-corrected chi connectivity index (χ2v) is 5.84. The van der Waals surface area contributed by atoms with Crippen molar-refractivity contribution in [2.45, 2.75) is 19.9 Å². The molecule has 108 valence electrons. The summed E-state index contributed by atoms with van der Waals surface area (Å²) < 4.78 is 0. The number of hydrogen-bond donors (Lipinski definition) is 1. The van der Waals surface area contributed by atoms with Crippen molar-refractivity contribution in [3.8, 4) is 0 Å². The van der Waals surface area contributed by atoms with Crippen LogP contribution in [0.3, 0.4) is 0 Å². The summed E-state index contributed by atoms with van der Waals surface area (Å²) in [5, 5.41) is 0.780. The second-order valence-electron chi connectivity index (χ2n) is 5.43. The molecule has 1 heterocycles. The number of nitrogens with zero attached hydrogens (tertiary/aromatic N) is 2. The lowest BCUT2D eigenvalue weighted by Crippen LogP contribution is -2.36. The van der Waals surface area contributed by atoms with Gasteiger partial charge in [-0.25, -0.2) is 0 Å². The molecule has 1 aliphatic heterocycles. The monoisotopic (exact) mass is 299 g/mol. The fourth-order valence-corrected chi connectivity index (χ4v) is 2.85. The molecule has 0 saturated carbocycles. The second kappa shape index (κ2) is 5.41. The van der Waals surface area contributed by atoms with Crippen molar-refractivity contribution in [1.82, 2.24) is 0 Å². The van der Waals surface area contributed by atoms with Crippen molar-refractivity contribution in [2.75, 3.05) is 11.4 Å². The molecule has 0 spiro atoms. The van der Waals surface area contributed by atoms with Gasteiger partial charge in [0.25, 0.3) is 0 Å². The number of aliphatic imine (C=N–C) groups is 1. The van der Waals surface area contributed by atoms with Gasteiger partial charge in [-0.3, -0.25) is 4.99 Å². The number of hydrogen-bond acceptors (Lipinski definition) is 3. The lowest BCUT2D eigenvalue weighted by Gasteiger charge is -2.27. The first-order valence-electron chi connectivity index (χ1n) is 6.98. The summed E-state index contributed by atoms with van der Waals surface area (Å²) in [5.74, 6) is 0.558. The zero-order chi connectivity index (χ0) is 15.0. The maximum Gasteiger partial charge on any atom is 0.196 e. The minimum Gasteiger partial charge on any atom is -0.369 e. The highest BCUT2D eigenvalue weighted by Gasteiger charge is 2.29. The molecule has 3 nitrogen and oxygen atoms in total. The summed E-state index contributed by atoms with van der Waals surface area (Å²) >= 11 is 6.26. The number of rotatable bonds is 2. The largest absolute Gasteiger partial charge is 0.369 e. The van der Waals surface area contributed by atoms with Gasteiger partial charge in [-0.15, -0.1) is 0 Å². The van der Waals surface area contributed by atoms with Crippen LogP contribution in [0, 0.1) is 13.8 Å². The average molecular weight is 300 g/mol. The number of benzene rings is 2. The maximum absolute atomic E-state index is 6.26. The van der Waals surface area contributed by atoms with E-state index >= 15 is 0 Å². The Morgan fingerprint density at radius 3 is 2.71 bits per heavy atom. The van der Waals surface area contributed by atoms with Crippen molar-refractivity contribution >= 4 is 23.2 Å². The topological polar surface area (TPSA) is 41.6 Å². The summed E-state index contributed by atoms with van der Waals surface area (Å²) in [6.07, 6.45) is 0. The van der Waals surface area contributed by atoms with Gasteiger partial charge in [0.2, 0.25) is 0 Å². The van der Waals surface area contributed by atoms with E-state index in [0.717, 1.165) is 21.8 Å². The molecule has 0 aliphatic carbocycles. The Morgan fingerprint density at radius 2 is 2.00 bits per heavy atom. The lowest BCUT2D eigenvalue weighted by molar-refractivity contribution is 0.768. The number of guanidine groups is 1. The van der Waals surface area contributed by atoms with Crippen LogP contribution < -0.4 is 10.6 Å². The number of nitrogens with two attached hydrogens (primary N) is 1. The van der Waals surface area contributed by atoms with Gasteiger partial charge in [-0.05, 0) is 48.7 Å². The van der Waals surface area contributed by atoms with Crippen LogP contribution in [0.2, 0.25) is 5.02 Å². The van der Waals surface area contributed by atoms with Crippen molar-refractivity contribution in [1.29, 1.82) is 0 Å². The van der Waals surface area contributed by atoms with E-state index in [1.165, 1.54) is 5.56 Å². The van der Waals surface area contributed by atoms with E-state index in [1.807, 2.05) is 25.1 Å². The van der Waals surface area contributed by atoms with E-state index < -0.39 is 0 Å². The van der Waals surface area contributed by atoms with Gasteiger partial charge < -0.3 is 10.6 Å². The lowest BCUT2D eigenvalue weighted by atomic mass is 10.0. The van der Waals surface area contributed by atoms with Gasteiger partial charge >= 0.3 is 0 Å². The molecule has 0 bridgehead atoms. The molecule has 1 unspecified atom stereocenters. The molecule has 21 heavy (non-hydrogen) atoms. The van der Waals surface area contributed by atoms with Crippen LogP contribution in [-0.4, -0.2) is 12.5 Å². The van der Waals surface area contributed by atoms with Gasteiger partial charge in [-0.2, -0.15) is 0 Å². The SMILES string of the molecule is Cc1cccc(N2C(N)=NCC2c2ccc(C)c(Cl)c2)c1. The van der Waals surface area contributed by atoms with Gasteiger partial charge in [0.15, 0.2) is 5.96 Å². The Hall–Kier alpha value is -2.00. The zero-order valence-corrected chi connectivity index (χ0v) is 12.9. The summed E-state index contributed by atoms with van der Waals surface area (Å²) in [6, 6.07) is 14.5. The van der Waals surface area contributed by atoms with Crippen molar-refractivity contribution in [3.05, 3.63) is 64.2 Å². The molecule has 0 amide bonds. The summed E-state index contributed by atoms with van der Waals surface area (Å²) in [6.45, 7) is 4.73. The number of aryl methyl sites for hydroxylation is 2. The Morgan fingerprint density at radius 1 is 1.19 bits per heavy atom. The third-order valence-corrected chi connectivity index (χ3v) is 4.25. The highest BCUT2D eigenvalue weighted by molar-refractivity contribution is 6.31. The Labute approximate surface area is 130 Å². The van der Waals surface area contributed by atoms with Crippen molar-refractivity contribution in [3.63, 3.8) is 0 Å². The molecule has 0 aromatic heterocycles. The van der Waals surface area contributed by atoms with Crippen LogP contribution in [0.25, 0.3) is 0 Å². The van der Waals surface area contributed by atoms with Gasteiger partial charge in [0, 0.05) is 10.7 Å². The van der Waals surface area contributed by atoms with Crippen molar-refractivity contribution < 1.29 is 0 Å². The highest BCUT2D eigenvalue weighted by atomic mass is 35.5. The normalized spacial score (nSPS) is 18.0. The molecular formula is C17H18ClN3.